The van der Waals surface area contributed by atoms with E-state index in [4.69, 9.17) is 5.73 Å². The van der Waals surface area contributed by atoms with Gasteiger partial charge in [-0.2, -0.15) is 0 Å². The summed E-state index contributed by atoms with van der Waals surface area (Å²) < 4.78 is 0. The molecule has 0 fully saturated rings. The summed E-state index contributed by atoms with van der Waals surface area (Å²) in [5, 5.41) is 5.49. The molecule has 2 amide bonds. The lowest BCUT2D eigenvalue weighted by Crippen LogP contribution is -2.45. The molecule has 2 atom stereocenters. The molecule has 5 nitrogen and oxygen atoms in total. The monoisotopic (exact) mass is 325 g/mol. The number of hydrogen-bond donors (Lipinski definition) is 3. The van der Waals surface area contributed by atoms with E-state index in [1.807, 2.05) is 60.7 Å². The maximum Gasteiger partial charge on any atom is 0.242 e. The van der Waals surface area contributed by atoms with Crippen LogP contribution in [-0.4, -0.2) is 17.9 Å². The van der Waals surface area contributed by atoms with Gasteiger partial charge in [0.05, 0.1) is 0 Å². The smallest absolute Gasteiger partial charge is 0.242 e. The van der Waals surface area contributed by atoms with Gasteiger partial charge in [-0.05, 0) is 18.1 Å². The van der Waals surface area contributed by atoms with Crippen LogP contribution in [-0.2, 0) is 16.1 Å². The Kier molecular flexibility index (Phi) is 6.51. The molecular weight excluding hydrogens is 302 g/mol. The molecule has 0 bridgehead atoms. The Bertz CT molecular complexity index is 659. The molecule has 0 radical (unpaired) electrons. The molecule has 2 unspecified atom stereocenters. The first-order chi connectivity index (χ1) is 11.6. The minimum absolute atomic E-state index is 0.139. The fraction of sp³-hybridized carbons (Fsp3) is 0.263. The van der Waals surface area contributed by atoms with E-state index in [1.54, 1.807) is 6.92 Å². The Labute approximate surface area is 142 Å². The highest BCUT2D eigenvalue weighted by atomic mass is 16.2. The lowest BCUT2D eigenvalue weighted by Gasteiger charge is -2.16. The van der Waals surface area contributed by atoms with Crippen LogP contribution >= 0.6 is 0 Å². The van der Waals surface area contributed by atoms with Crippen LogP contribution in [0.5, 0.6) is 0 Å². The van der Waals surface area contributed by atoms with E-state index in [9.17, 15) is 9.59 Å². The minimum atomic E-state index is -0.607. The third-order valence-electron chi connectivity index (χ3n) is 3.71. The van der Waals surface area contributed by atoms with Gasteiger partial charge in [0, 0.05) is 19.0 Å². The van der Waals surface area contributed by atoms with Crippen molar-refractivity contribution in [1.82, 2.24) is 10.6 Å². The zero-order valence-electron chi connectivity index (χ0n) is 13.7. The van der Waals surface area contributed by atoms with Crippen LogP contribution in [0, 0.1) is 0 Å². The zero-order chi connectivity index (χ0) is 17.4. The predicted octanol–water partition coefficient (Wildman–Crippen LogP) is 1.90. The summed E-state index contributed by atoms with van der Waals surface area (Å²) in [5.41, 5.74) is 7.93. The van der Waals surface area contributed by atoms with E-state index >= 15 is 0 Å². The summed E-state index contributed by atoms with van der Waals surface area (Å²) in [7, 11) is 0. The summed E-state index contributed by atoms with van der Waals surface area (Å²) in [4.78, 5) is 24.1. The van der Waals surface area contributed by atoms with Crippen LogP contribution in [0.3, 0.4) is 0 Å². The Morgan fingerprint density at radius 1 is 1.00 bits per heavy atom. The molecule has 2 aromatic rings. The lowest BCUT2D eigenvalue weighted by molar-refractivity contribution is -0.128. The normalized spacial score (nSPS) is 12.9. The minimum Gasteiger partial charge on any atom is -0.350 e. The van der Waals surface area contributed by atoms with Crippen molar-refractivity contribution in [3.63, 3.8) is 0 Å². The van der Waals surface area contributed by atoms with Gasteiger partial charge in [0.2, 0.25) is 11.8 Å². The van der Waals surface area contributed by atoms with Gasteiger partial charge in [-0.1, -0.05) is 60.7 Å². The average molecular weight is 325 g/mol. The Hall–Kier alpha value is -2.66. The van der Waals surface area contributed by atoms with Crippen molar-refractivity contribution in [2.24, 2.45) is 5.73 Å². The third-order valence-corrected chi connectivity index (χ3v) is 3.71. The SMILES string of the molecule is CC(NC(=O)CC(N)c1ccccc1)C(=O)NCc1ccccc1. The molecule has 2 rings (SSSR count). The van der Waals surface area contributed by atoms with Crippen molar-refractivity contribution >= 4 is 11.8 Å². The molecule has 2 aromatic carbocycles. The molecule has 126 valence electrons. The van der Waals surface area contributed by atoms with Crippen molar-refractivity contribution in [3.8, 4) is 0 Å². The fourth-order valence-corrected chi connectivity index (χ4v) is 2.32. The molecule has 0 heterocycles. The van der Waals surface area contributed by atoms with E-state index < -0.39 is 6.04 Å². The molecule has 5 heteroatoms. The number of carbonyl (C=O) groups excluding carboxylic acids is 2. The highest BCUT2D eigenvalue weighted by Crippen LogP contribution is 2.12. The zero-order valence-corrected chi connectivity index (χ0v) is 13.7. The Morgan fingerprint density at radius 3 is 2.21 bits per heavy atom. The second kappa shape index (κ2) is 8.84. The first kappa shape index (κ1) is 17.7. The molecule has 0 saturated heterocycles. The molecule has 0 aliphatic rings. The maximum absolute atomic E-state index is 12.1. The quantitative estimate of drug-likeness (QED) is 0.727. The molecule has 0 saturated carbocycles. The van der Waals surface area contributed by atoms with E-state index in [-0.39, 0.29) is 24.3 Å². The van der Waals surface area contributed by atoms with E-state index in [0.29, 0.717) is 6.54 Å². The molecule has 0 aliphatic heterocycles. The Morgan fingerprint density at radius 2 is 1.58 bits per heavy atom. The molecule has 0 spiro atoms. The molecule has 0 aliphatic carbocycles. The van der Waals surface area contributed by atoms with Crippen molar-refractivity contribution in [2.75, 3.05) is 0 Å². The Balaban J connectivity index is 1.77. The van der Waals surface area contributed by atoms with Crippen molar-refractivity contribution in [3.05, 3.63) is 71.8 Å². The molecule has 4 N–H and O–H groups in total. The van der Waals surface area contributed by atoms with Gasteiger partial charge >= 0.3 is 0 Å². The maximum atomic E-state index is 12.1. The van der Waals surface area contributed by atoms with E-state index in [0.717, 1.165) is 11.1 Å². The van der Waals surface area contributed by atoms with Gasteiger partial charge in [-0.15, -0.1) is 0 Å². The van der Waals surface area contributed by atoms with Crippen LogP contribution in [0.1, 0.15) is 30.5 Å². The lowest BCUT2D eigenvalue weighted by atomic mass is 10.0. The van der Waals surface area contributed by atoms with Crippen molar-refractivity contribution < 1.29 is 9.59 Å². The third kappa shape index (κ3) is 5.52. The number of nitrogens with two attached hydrogens (primary N) is 1. The summed E-state index contributed by atoms with van der Waals surface area (Å²) in [5.74, 6) is -0.464. The standard InChI is InChI=1S/C19H23N3O2/c1-14(19(24)21-13-15-8-4-2-5-9-15)22-18(23)12-17(20)16-10-6-3-7-11-16/h2-11,14,17H,12-13,20H2,1H3,(H,21,24)(H,22,23). The number of amides is 2. The van der Waals surface area contributed by atoms with Gasteiger partial charge in [0.25, 0.3) is 0 Å². The second-order valence-electron chi connectivity index (χ2n) is 5.71. The largest absolute Gasteiger partial charge is 0.350 e. The first-order valence-electron chi connectivity index (χ1n) is 7.98. The second-order valence-corrected chi connectivity index (χ2v) is 5.71. The van der Waals surface area contributed by atoms with Crippen LogP contribution in [0.2, 0.25) is 0 Å². The fourth-order valence-electron chi connectivity index (χ4n) is 2.32. The number of carbonyl (C=O) groups is 2. The van der Waals surface area contributed by atoms with E-state index in [2.05, 4.69) is 10.6 Å². The number of hydrogen-bond acceptors (Lipinski definition) is 3. The van der Waals surface area contributed by atoms with Crippen molar-refractivity contribution in [2.45, 2.75) is 32.0 Å². The number of benzene rings is 2. The van der Waals surface area contributed by atoms with Gasteiger partial charge in [0.15, 0.2) is 0 Å². The van der Waals surface area contributed by atoms with Crippen LogP contribution in [0.25, 0.3) is 0 Å². The average Bonchev–Trinajstić information content (AvgIpc) is 2.61. The summed E-state index contributed by atoms with van der Waals surface area (Å²) >= 11 is 0. The van der Waals surface area contributed by atoms with Crippen LogP contribution < -0.4 is 16.4 Å². The highest BCUT2D eigenvalue weighted by Gasteiger charge is 2.17. The van der Waals surface area contributed by atoms with Gasteiger partial charge in [0.1, 0.15) is 6.04 Å². The summed E-state index contributed by atoms with van der Waals surface area (Å²) in [6.07, 6.45) is 0.139. The number of rotatable bonds is 7. The molecular formula is C19H23N3O2. The van der Waals surface area contributed by atoms with Crippen LogP contribution in [0.4, 0.5) is 0 Å². The molecule has 0 aromatic heterocycles. The molecule has 24 heavy (non-hydrogen) atoms. The topological polar surface area (TPSA) is 84.2 Å². The van der Waals surface area contributed by atoms with Gasteiger partial charge < -0.3 is 16.4 Å². The van der Waals surface area contributed by atoms with Crippen molar-refractivity contribution in [1.29, 1.82) is 0 Å². The summed E-state index contributed by atoms with van der Waals surface area (Å²) in [6, 6.07) is 18.1. The summed E-state index contributed by atoms with van der Waals surface area (Å²) in [6.45, 7) is 2.09. The first-order valence-corrected chi connectivity index (χ1v) is 7.98. The predicted molar refractivity (Wildman–Crippen MR) is 93.9 cm³/mol. The van der Waals surface area contributed by atoms with Gasteiger partial charge in [-0.3, -0.25) is 9.59 Å². The van der Waals surface area contributed by atoms with E-state index in [1.165, 1.54) is 0 Å². The van der Waals surface area contributed by atoms with Crippen LogP contribution in [0.15, 0.2) is 60.7 Å². The number of nitrogens with one attached hydrogen (secondary N) is 2. The highest BCUT2D eigenvalue weighted by molar-refractivity contribution is 5.87. The van der Waals surface area contributed by atoms with Gasteiger partial charge in [-0.25, -0.2) is 0 Å².